The zero-order valence-electron chi connectivity index (χ0n) is 32.0. The van der Waals surface area contributed by atoms with E-state index in [2.05, 4.69) is 170 Å². The van der Waals surface area contributed by atoms with Crippen LogP contribution in [0, 0.1) is 27.7 Å². The molecule has 9 aromatic carbocycles. The Morgan fingerprint density at radius 3 is 1.71 bits per heavy atom. The quantitative estimate of drug-likeness (QED) is 0.158. The van der Waals surface area contributed by atoms with Crippen molar-refractivity contribution in [3.05, 3.63) is 167 Å². The van der Waals surface area contributed by atoms with Crippen LogP contribution in [0.1, 0.15) is 45.6 Å². The zero-order valence-corrected chi connectivity index (χ0v) is 32.0. The molecule has 2 heterocycles. The summed E-state index contributed by atoms with van der Waals surface area (Å²) in [7, 11) is 0. The van der Waals surface area contributed by atoms with Crippen molar-refractivity contribution in [3.63, 3.8) is 0 Å². The fourth-order valence-corrected chi connectivity index (χ4v) is 11.1. The minimum absolute atomic E-state index is 1.000. The van der Waals surface area contributed by atoms with Crippen LogP contribution in [0.2, 0.25) is 0 Å². The van der Waals surface area contributed by atoms with Crippen molar-refractivity contribution in [2.75, 3.05) is 0 Å². The van der Waals surface area contributed by atoms with Gasteiger partial charge in [-0.15, -0.1) is 0 Å². The van der Waals surface area contributed by atoms with E-state index in [1.54, 1.807) is 0 Å². The Morgan fingerprint density at radius 2 is 1.02 bits per heavy atom. The van der Waals surface area contributed by atoms with Gasteiger partial charge in [-0.3, -0.25) is 0 Å². The van der Waals surface area contributed by atoms with E-state index >= 15 is 0 Å². The van der Waals surface area contributed by atoms with Crippen molar-refractivity contribution >= 4 is 98.1 Å². The van der Waals surface area contributed by atoms with Crippen molar-refractivity contribution in [1.29, 1.82) is 0 Å². The molecular formula is C54H38N2. The van der Waals surface area contributed by atoms with Gasteiger partial charge in [0.1, 0.15) is 0 Å². The molecule has 0 unspecified atom stereocenters. The van der Waals surface area contributed by atoms with Crippen LogP contribution in [0.25, 0.3) is 109 Å². The summed E-state index contributed by atoms with van der Waals surface area (Å²) in [6, 6.07) is 44.2. The molecule has 0 atom stereocenters. The molecule has 0 aliphatic heterocycles. The lowest BCUT2D eigenvalue weighted by Crippen LogP contribution is -2.04. The van der Waals surface area contributed by atoms with Crippen molar-refractivity contribution in [1.82, 2.24) is 9.13 Å². The van der Waals surface area contributed by atoms with Crippen molar-refractivity contribution < 1.29 is 0 Å². The first-order valence-corrected chi connectivity index (χ1v) is 20.1. The molecule has 11 aromatic rings. The molecule has 2 aliphatic carbocycles. The maximum atomic E-state index is 2.57. The first-order valence-electron chi connectivity index (χ1n) is 20.1. The summed E-state index contributed by atoms with van der Waals surface area (Å²) in [6.07, 6.45) is 9.12. The highest BCUT2D eigenvalue weighted by atomic mass is 15.0. The molecule has 0 bridgehead atoms. The van der Waals surface area contributed by atoms with E-state index < -0.39 is 0 Å². The van der Waals surface area contributed by atoms with Gasteiger partial charge in [-0.25, -0.2) is 0 Å². The first-order chi connectivity index (χ1) is 27.5. The predicted octanol–water partition coefficient (Wildman–Crippen LogP) is 14.5. The van der Waals surface area contributed by atoms with E-state index in [4.69, 9.17) is 0 Å². The Kier molecular flexibility index (Phi) is 5.78. The van der Waals surface area contributed by atoms with Gasteiger partial charge < -0.3 is 9.13 Å². The minimum Gasteiger partial charge on any atom is -0.312 e. The molecule has 2 aromatic heterocycles. The lowest BCUT2D eigenvalue weighted by atomic mass is 9.81. The third-order valence-electron chi connectivity index (χ3n) is 13.9. The summed E-state index contributed by atoms with van der Waals surface area (Å²) in [6.45, 7) is 9.21. The molecule has 0 fully saturated rings. The smallest absolute Gasteiger partial charge is 0.0613 e. The Bertz CT molecular complexity index is 3660. The molecule has 0 spiro atoms. The van der Waals surface area contributed by atoms with E-state index in [-0.39, 0.29) is 0 Å². The zero-order chi connectivity index (χ0) is 37.1. The molecule has 2 nitrogen and oxygen atoms in total. The molecule has 56 heavy (non-hydrogen) atoms. The molecule has 13 rings (SSSR count). The number of hydrogen-bond acceptors (Lipinski definition) is 0. The van der Waals surface area contributed by atoms with Crippen molar-refractivity contribution in [2.24, 2.45) is 0 Å². The fraction of sp³-hybridized carbons (Fsp3) is 0.111. The second kappa shape index (κ2) is 10.6. The van der Waals surface area contributed by atoms with E-state index in [0.29, 0.717) is 0 Å². The van der Waals surface area contributed by atoms with Crippen LogP contribution < -0.4 is 0 Å². The number of fused-ring (bicyclic) bond motifs is 7. The van der Waals surface area contributed by atoms with Crippen LogP contribution in [0.3, 0.4) is 0 Å². The molecule has 264 valence electrons. The van der Waals surface area contributed by atoms with Crippen LogP contribution >= 0.6 is 0 Å². The van der Waals surface area contributed by atoms with E-state index in [9.17, 15) is 0 Å². The predicted molar refractivity (Wildman–Crippen MR) is 241 cm³/mol. The second-order valence-electron chi connectivity index (χ2n) is 16.5. The number of hydrogen-bond donors (Lipinski definition) is 0. The topological polar surface area (TPSA) is 9.86 Å². The number of allylic oxidation sites excluding steroid dienone is 3. The molecule has 0 saturated carbocycles. The van der Waals surface area contributed by atoms with Crippen LogP contribution in [-0.2, 0) is 6.42 Å². The first kappa shape index (κ1) is 30.7. The standard InChI is InChI=1S/C54H38N2/c1-29-31(3)55(53-43-23-21-35-11-5-9-33-17-19-37(27-45(29)53)51(43)49(33)35)47-15-7-13-39-40-14-8-16-48(42(40)26-25-41(39)47)56-32(4)30(2)46-28-38-20-18-34-10-6-12-36-22-24-44(54(46)56)52(38)50(34)36/h5-9,11-19,21-28H,10,20H2,1-4H3. The summed E-state index contributed by atoms with van der Waals surface area (Å²) in [5.41, 5.74) is 16.1. The van der Waals surface area contributed by atoms with Gasteiger partial charge >= 0.3 is 0 Å². The average Bonchev–Trinajstić information content (AvgIpc) is 3.64. The summed E-state index contributed by atoms with van der Waals surface area (Å²) in [4.78, 5) is 0. The van der Waals surface area contributed by atoms with Gasteiger partial charge in [-0.1, -0.05) is 109 Å². The van der Waals surface area contributed by atoms with E-state index in [1.165, 1.54) is 143 Å². The fourth-order valence-electron chi connectivity index (χ4n) is 11.1. The van der Waals surface area contributed by atoms with Gasteiger partial charge in [-0.2, -0.15) is 0 Å². The van der Waals surface area contributed by atoms with Gasteiger partial charge in [0.15, 0.2) is 0 Å². The highest BCUT2D eigenvalue weighted by Gasteiger charge is 2.26. The summed E-state index contributed by atoms with van der Waals surface area (Å²) < 4.78 is 5.12. The molecule has 0 N–H and O–H groups in total. The van der Waals surface area contributed by atoms with Gasteiger partial charge in [-0.05, 0) is 141 Å². The van der Waals surface area contributed by atoms with Gasteiger partial charge in [0.25, 0.3) is 0 Å². The lowest BCUT2D eigenvalue weighted by molar-refractivity contribution is 1.05. The number of nitrogens with zero attached hydrogens (tertiary/aromatic N) is 2. The maximum Gasteiger partial charge on any atom is 0.0613 e. The Labute approximate surface area is 324 Å². The Hall–Kier alpha value is -6.64. The molecule has 0 radical (unpaired) electrons. The molecule has 0 saturated heterocycles. The number of aromatic nitrogens is 2. The van der Waals surface area contributed by atoms with Crippen LogP contribution in [0.5, 0.6) is 0 Å². The monoisotopic (exact) mass is 714 g/mol. The second-order valence-corrected chi connectivity index (χ2v) is 16.5. The third kappa shape index (κ3) is 3.68. The highest BCUT2D eigenvalue weighted by molar-refractivity contribution is 6.29. The molecule has 0 amide bonds. The number of aryl methyl sites for hydroxylation is 2. The number of benzene rings is 9. The average molecular weight is 715 g/mol. The number of rotatable bonds is 2. The van der Waals surface area contributed by atoms with Crippen LogP contribution in [0.15, 0.2) is 127 Å². The molecule has 2 heteroatoms. The lowest BCUT2D eigenvalue weighted by Gasteiger charge is -2.24. The minimum atomic E-state index is 1.000. The van der Waals surface area contributed by atoms with Crippen molar-refractivity contribution in [2.45, 2.75) is 40.5 Å². The third-order valence-corrected chi connectivity index (χ3v) is 13.9. The maximum absolute atomic E-state index is 2.57. The van der Waals surface area contributed by atoms with E-state index in [0.717, 1.165) is 12.8 Å². The molecule has 2 aliphatic rings. The highest BCUT2D eigenvalue weighted by Crippen LogP contribution is 2.47. The largest absolute Gasteiger partial charge is 0.312 e. The van der Waals surface area contributed by atoms with E-state index in [1.807, 2.05) is 0 Å². The molecular weight excluding hydrogens is 677 g/mol. The Morgan fingerprint density at radius 1 is 0.446 bits per heavy atom. The van der Waals surface area contributed by atoms with Crippen molar-refractivity contribution in [3.8, 4) is 11.4 Å². The van der Waals surface area contributed by atoms with Crippen LogP contribution in [0.4, 0.5) is 0 Å². The van der Waals surface area contributed by atoms with Gasteiger partial charge in [0.2, 0.25) is 0 Å². The van der Waals surface area contributed by atoms with Gasteiger partial charge in [0, 0.05) is 43.7 Å². The summed E-state index contributed by atoms with van der Waals surface area (Å²) >= 11 is 0. The van der Waals surface area contributed by atoms with Gasteiger partial charge in [0.05, 0.1) is 22.4 Å². The SMILES string of the molecule is Cc1c(C)n(-c2cccc3c2ccc2c(-n4c(C)c(C)c5cc6ccc7cccc8ccc(c6c78)c54)cccc23)c2c1cc1c3c4c(ccc32)C=CCC4=CC1. The normalized spacial score (nSPS) is 14.0. The summed E-state index contributed by atoms with van der Waals surface area (Å²) in [5, 5.41) is 18.6. The Balaban J connectivity index is 1.09. The van der Waals surface area contributed by atoms with Crippen LogP contribution in [-0.4, -0.2) is 9.13 Å². The summed E-state index contributed by atoms with van der Waals surface area (Å²) in [5.74, 6) is 0.